The highest BCUT2D eigenvalue weighted by Crippen LogP contribution is 2.26. The minimum Gasteiger partial charge on any atom is -0.378 e. The van der Waals surface area contributed by atoms with E-state index in [1.165, 1.54) is 16.5 Å². The fourth-order valence-electron chi connectivity index (χ4n) is 2.19. The number of benzene rings is 2. The van der Waals surface area contributed by atoms with Crippen molar-refractivity contribution < 1.29 is 4.74 Å². The summed E-state index contributed by atoms with van der Waals surface area (Å²) in [5.74, 6) is 0. The maximum Gasteiger partial charge on any atom is 0.0642 e. The van der Waals surface area contributed by atoms with Crippen LogP contribution in [0.1, 0.15) is 0 Å². The Bertz CT molecular complexity index is 484. The van der Waals surface area contributed by atoms with Crippen LogP contribution in [0, 0.1) is 6.07 Å². The maximum absolute atomic E-state index is 5.38. The Balaban J connectivity index is 2.08. The molecule has 16 heavy (non-hydrogen) atoms. The van der Waals surface area contributed by atoms with Crippen LogP contribution in [0.5, 0.6) is 0 Å². The van der Waals surface area contributed by atoms with Gasteiger partial charge in [0, 0.05) is 24.5 Å². The van der Waals surface area contributed by atoms with E-state index in [1.54, 1.807) is 0 Å². The van der Waals surface area contributed by atoms with Gasteiger partial charge in [0.25, 0.3) is 0 Å². The number of hydrogen-bond donors (Lipinski definition) is 0. The second-order valence-electron chi connectivity index (χ2n) is 4.01. The van der Waals surface area contributed by atoms with Crippen LogP contribution in [0.25, 0.3) is 10.8 Å². The first-order valence-electron chi connectivity index (χ1n) is 5.67. The highest BCUT2D eigenvalue weighted by Gasteiger charge is 2.13. The summed E-state index contributed by atoms with van der Waals surface area (Å²) in [4.78, 5) is 2.35. The lowest BCUT2D eigenvalue weighted by Gasteiger charge is -2.29. The summed E-state index contributed by atoms with van der Waals surface area (Å²) in [5, 5.41) is 2.56. The van der Waals surface area contributed by atoms with Crippen LogP contribution in [-0.2, 0) is 4.74 Å². The van der Waals surface area contributed by atoms with Crippen molar-refractivity contribution in [3.05, 3.63) is 42.5 Å². The molecule has 81 valence electrons. The van der Waals surface area contributed by atoms with E-state index < -0.39 is 0 Å². The summed E-state index contributed by atoms with van der Waals surface area (Å²) >= 11 is 0. The predicted molar refractivity (Wildman–Crippen MR) is 65.8 cm³/mol. The molecule has 0 aromatic heterocycles. The second-order valence-corrected chi connectivity index (χ2v) is 4.01. The minimum absolute atomic E-state index is 0.817. The number of hydrogen-bond acceptors (Lipinski definition) is 2. The summed E-state index contributed by atoms with van der Waals surface area (Å²) in [6.45, 7) is 3.56. The number of morpholine rings is 1. The Labute approximate surface area is 95.4 Å². The molecule has 0 spiro atoms. The van der Waals surface area contributed by atoms with E-state index in [-0.39, 0.29) is 0 Å². The summed E-state index contributed by atoms with van der Waals surface area (Å²) in [6.07, 6.45) is 0. The minimum atomic E-state index is 0.817. The smallest absolute Gasteiger partial charge is 0.0642 e. The number of fused-ring (bicyclic) bond motifs is 1. The standard InChI is InChI=1S/C14H14NO/c1-2-6-13-12(4-1)5-3-7-14(13)15-8-10-16-11-9-15/h1-6H,8-11H2. The maximum atomic E-state index is 5.38. The fourth-order valence-corrected chi connectivity index (χ4v) is 2.19. The van der Waals surface area contributed by atoms with Gasteiger partial charge in [0.15, 0.2) is 0 Å². The molecule has 2 aromatic carbocycles. The summed E-state index contributed by atoms with van der Waals surface area (Å²) in [6, 6.07) is 15.9. The second kappa shape index (κ2) is 4.14. The molecule has 1 heterocycles. The summed E-state index contributed by atoms with van der Waals surface area (Å²) in [7, 11) is 0. The molecule has 2 nitrogen and oxygen atoms in total. The third kappa shape index (κ3) is 1.65. The van der Waals surface area contributed by atoms with Gasteiger partial charge in [0.2, 0.25) is 0 Å². The number of anilines is 1. The molecule has 0 bridgehead atoms. The van der Waals surface area contributed by atoms with E-state index in [4.69, 9.17) is 4.74 Å². The molecule has 2 heteroatoms. The zero-order valence-electron chi connectivity index (χ0n) is 9.15. The van der Waals surface area contributed by atoms with E-state index in [0.717, 1.165) is 26.3 Å². The third-order valence-corrected chi connectivity index (χ3v) is 3.03. The molecule has 1 radical (unpaired) electrons. The molecule has 0 amide bonds. The average molecular weight is 212 g/mol. The van der Waals surface area contributed by atoms with Crippen molar-refractivity contribution in [1.29, 1.82) is 0 Å². The quantitative estimate of drug-likeness (QED) is 0.720. The Morgan fingerprint density at radius 3 is 2.75 bits per heavy atom. The van der Waals surface area contributed by atoms with E-state index in [1.807, 2.05) is 6.07 Å². The van der Waals surface area contributed by atoms with Gasteiger partial charge in [-0.2, -0.15) is 0 Å². The highest BCUT2D eigenvalue weighted by atomic mass is 16.5. The largest absolute Gasteiger partial charge is 0.378 e. The topological polar surface area (TPSA) is 12.5 Å². The molecule has 1 saturated heterocycles. The molecule has 0 aliphatic carbocycles. The Kier molecular flexibility index (Phi) is 2.50. The molecule has 3 rings (SSSR count). The van der Waals surface area contributed by atoms with E-state index in [2.05, 4.69) is 41.3 Å². The van der Waals surface area contributed by atoms with Crippen molar-refractivity contribution in [3.8, 4) is 0 Å². The zero-order chi connectivity index (χ0) is 10.8. The van der Waals surface area contributed by atoms with Gasteiger partial charge in [-0.05, 0) is 5.39 Å². The van der Waals surface area contributed by atoms with Crippen molar-refractivity contribution in [3.63, 3.8) is 0 Å². The van der Waals surface area contributed by atoms with Crippen LogP contribution >= 0.6 is 0 Å². The lowest BCUT2D eigenvalue weighted by atomic mass is 10.1. The average Bonchev–Trinajstić information content (AvgIpc) is 2.39. The SMILES string of the molecule is [c]1ccc2ccccc2c1N1CCOCC1. The van der Waals surface area contributed by atoms with Crippen molar-refractivity contribution in [2.24, 2.45) is 0 Å². The molecular formula is C14H14NO. The third-order valence-electron chi connectivity index (χ3n) is 3.03. The van der Waals surface area contributed by atoms with Crippen LogP contribution in [0.15, 0.2) is 36.4 Å². The molecule has 0 saturated carbocycles. The van der Waals surface area contributed by atoms with Crippen molar-refractivity contribution in [2.45, 2.75) is 0 Å². The van der Waals surface area contributed by atoms with Crippen LogP contribution in [0.4, 0.5) is 5.69 Å². The van der Waals surface area contributed by atoms with Gasteiger partial charge >= 0.3 is 0 Å². The summed E-state index contributed by atoms with van der Waals surface area (Å²) < 4.78 is 5.38. The lowest BCUT2D eigenvalue weighted by Crippen LogP contribution is -2.36. The molecule has 0 unspecified atom stereocenters. The van der Waals surface area contributed by atoms with Crippen molar-refractivity contribution in [1.82, 2.24) is 0 Å². The van der Waals surface area contributed by atoms with E-state index in [9.17, 15) is 0 Å². The normalized spacial score (nSPS) is 16.6. The van der Waals surface area contributed by atoms with Gasteiger partial charge in [-0.25, -0.2) is 0 Å². The number of ether oxygens (including phenoxy) is 1. The van der Waals surface area contributed by atoms with Crippen molar-refractivity contribution >= 4 is 16.5 Å². The molecule has 2 aromatic rings. The first-order chi connectivity index (χ1) is 7.95. The van der Waals surface area contributed by atoms with Gasteiger partial charge in [-0.1, -0.05) is 36.4 Å². The molecule has 0 N–H and O–H groups in total. The molecule has 0 atom stereocenters. The van der Waals surface area contributed by atoms with E-state index in [0.29, 0.717) is 0 Å². The van der Waals surface area contributed by atoms with Gasteiger partial charge in [-0.15, -0.1) is 0 Å². The van der Waals surface area contributed by atoms with Crippen LogP contribution in [-0.4, -0.2) is 26.3 Å². The zero-order valence-corrected chi connectivity index (χ0v) is 9.15. The predicted octanol–water partition coefficient (Wildman–Crippen LogP) is 2.48. The van der Waals surface area contributed by atoms with Gasteiger partial charge in [0.05, 0.1) is 18.9 Å². The monoisotopic (exact) mass is 212 g/mol. The first kappa shape index (κ1) is 9.67. The van der Waals surface area contributed by atoms with Crippen molar-refractivity contribution in [2.75, 3.05) is 31.2 Å². The molecule has 1 aliphatic rings. The Morgan fingerprint density at radius 1 is 1.06 bits per heavy atom. The lowest BCUT2D eigenvalue weighted by molar-refractivity contribution is 0.123. The number of rotatable bonds is 1. The van der Waals surface area contributed by atoms with Crippen LogP contribution in [0.2, 0.25) is 0 Å². The molecule has 1 fully saturated rings. The highest BCUT2D eigenvalue weighted by molar-refractivity contribution is 5.93. The van der Waals surface area contributed by atoms with E-state index >= 15 is 0 Å². The molecular weight excluding hydrogens is 198 g/mol. The Hall–Kier alpha value is -1.54. The summed E-state index contributed by atoms with van der Waals surface area (Å²) in [5.41, 5.74) is 1.21. The number of nitrogens with zero attached hydrogens (tertiary/aromatic N) is 1. The first-order valence-corrected chi connectivity index (χ1v) is 5.67. The van der Waals surface area contributed by atoms with Crippen LogP contribution in [0.3, 0.4) is 0 Å². The Morgan fingerprint density at radius 2 is 1.88 bits per heavy atom. The van der Waals surface area contributed by atoms with Crippen LogP contribution < -0.4 is 4.90 Å². The van der Waals surface area contributed by atoms with Gasteiger partial charge < -0.3 is 9.64 Å². The van der Waals surface area contributed by atoms with Gasteiger partial charge in [0.1, 0.15) is 0 Å². The van der Waals surface area contributed by atoms with Gasteiger partial charge in [-0.3, -0.25) is 0 Å². The fraction of sp³-hybridized carbons (Fsp3) is 0.286. The molecule has 1 aliphatic heterocycles.